The van der Waals surface area contributed by atoms with Gasteiger partial charge in [0, 0.05) is 12.3 Å². The highest BCUT2D eigenvalue weighted by Crippen LogP contribution is 2.08. The zero-order valence-electron chi connectivity index (χ0n) is 5.52. The molecule has 1 heterocycles. The minimum atomic E-state index is -0.614. The Balaban J connectivity index is 3.01. The summed E-state index contributed by atoms with van der Waals surface area (Å²) in [6.07, 6.45) is 2.54. The molecule has 1 aromatic heterocycles. The van der Waals surface area contributed by atoms with Gasteiger partial charge in [-0.25, -0.2) is 5.26 Å². The molecule has 0 unspecified atom stereocenters. The van der Waals surface area contributed by atoms with Crippen LogP contribution >= 0.6 is 0 Å². The molecule has 0 aliphatic rings. The van der Waals surface area contributed by atoms with Crippen LogP contribution in [0.4, 0.5) is 0 Å². The third-order valence-electron chi connectivity index (χ3n) is 1.10. The number of amides is 1. The van der Waals surface area contributed by atoms with Crippen LogP contribution in [0.25, 0.3) is 0 Å². The predicted octanol–water partition coefficient (Wildman–Crippen LogP) is 0.0323. The van der Waals surface area contributed by atoms with Gasteiger partial charge in [0.15, 0.2) is 5.75 Å². The summed E-state index contributed by atoms with van der Waals surface area (Å²) in [6.45, 7) is 0. The lowest BCUT2D eigenvalue weighted by atomic mass is 10.3. The Morgan fingerprint density at radius 2 is 2.36 bits per heavy atom. The van der Waals surface area contributed by atoms with Gasteiger partial charge in [-0.05, 0) is 0 Å². The molecule has 0 aliphatic heterocycles. The molecular weight excluding hydrogens is 148 g/mol. The van der Waals surface area contributed by atoms with Gasteiger partial charge in [0.05, 0.1) is 11.8 Å². The Morgan fingerprint density at radius 1 is 1.64 bits per heavy atom. The molecule has 58 valence electrons. The fourth-order valence-electron chi connectivity index (χ4n) is 0.604. The maximum absolute atomic E-state index is 10.5. The maximum atomic E-state index is 10.5. The number of primary amides is 1. The van der Waals surface area contributed by atoms with Gasteiger partial charge in [0.1, 0.15) is 0 Å². The molecule has 1 amide bonds. The lowest BCUT2D eigenvalue weighted by Crippen LogP contribution is -2.11. The normalized spacial score (nSPS) is 9.18. The molecule has 5 nitrogen and oxygen atoms in total. The first kappa shape index (κ1) is 7.49. The minimum absolute atomic E-state index is 0.0845. The van der Waals surface area contributed by atoms with Gasteiger partial charge in [-0.2, -0.15) is 0 Å². The number of carbonyl (C=O) groups excluding carboxylic acids is 1. The van der Waals surface area contributed by atoms with Crippen molar-refractivity contribution in [3.05, 3.63) is 24.0 Å². The number of hydrogen-bond donors (Lipinski definition) is 2. The number of carbonyl (C=O) groups is 1. The summed E-state index contributed by atoms with van der Waals surface area (Å²) < 4.78 is 0. The highest BCUT2D eigenvalue weighted by atomic mass is 17.1. The molecule has 0 radical (unpaired) electrons. The van der Waals surface area contributed by atoms with Crippen molar-refractivity contribution in [1.82, 2.24) is 4.98 Å². The molecule has 0 saturated heterocycles. The van der Waals surface area contributed by atoms with Gasteiger partial charge in [0.25, 0.3) is 0 Å². The van der Waals surface area contributed by atoms with E-state index in [0.717, 1.165) is 0 Å². The van der Waals surface area contributed by atoms with Crippen molar-refractivity contribution >= 4 is 5.91 Å². The van der Waals surface area contributed by atoms with E-state index in [9.17, 15) is 4.79 Å². The van der Waals surface area contributed by atoms with E-state index in [0.29, 0.717) is 0 Å². The van der Waals surface area contributed by atoms with E-state index in [1.54, 1.807) is 0 Å². The summed E-state index contributed by atoms with van der Waals surface area (Å²) in [5.74, 6) is -0.530. The van der Waals surface area contributed by atoms with Gasteiger partial charge in [-0.3, -0.25) is 9.78 Å². The summed E-state index contributed by atoms with van der Waals surface area (Å²) in [5.41, 5.74) is 5.11. The molecule has 1 aromatic rings. The van der Waals surface area contributed by atoms with Crippen molar-refractivity contribution in [3.8, 4) is 5.75 Å². The number of nitrogens with two attached hydrogens (primary N) is 1. The molecule has 1 rings (SSSR count). The van der Waals surface area contributed by atoms with E-state index in [1.807, 2.05) is 0 Å². The average Bonchev–Trinajstić information content (AvgIpc) is 2.05. The van der Waals surface area contributed by atoms with Gasteiger partial charge >= 0.3 is 0 Å². The number of aromatic nitrogens is 1. The zero-order chi connectivity index (χ0) is 8.27. The molecule has 0 atom stereocenters. The summed E-state index contributed by atoms with van der Waals surface area (Å²) in [6, 6.07) is 1.29. The second-order valence-electron chi connectivity index (χ2n) is 1.86. The molecular formula is C6H6N2O3. The molecule has 0 fully saturated rings. The lowest BCUT2D eigenvalue weighted by Gasteiger charge is -1.96. The second-order valence-corrected chi connectivity index (χ2v) is 1.86. The predicted molar refractivity (Wildman–Crippen MR) is 36.0 cm³/mol. The van der Waals surface area contributed by atoms with Gasteiger partial charge in [-0.15, -0.1) is 0 Å². The van der Waals surface area contributed by atoms with E-state index in [-0.39, 0.29) is 11.3 Å². The van der Waals surface area contributed by atoms with Crippen molar-refractivity contribution in [1.29, 1.82) is 0 Å². The summed E-state index contributed by atoms with van der Waals surface area (Å²) in [5, 5.41) is 8.15. The fraction of sp³-hybridized carbons (Fsp3) is 0. The number of nitrogens with zero attached hydrogens (tertiary/aromatic N) is 1. The Morgan fingerprint density at radius 3 is 2.91 bits per heavy atom. The van der Waals surface area contributed by atoms with Gasteiger partial charge in [-0.1, -0.05) is 0 Å². The average molecular weight is 154 g/mol. The Hall–Kier alpha value is -1.62. The highest BCUT2D eigenvalue weighted by molar-refractivity contribution is 5.92. The summed E-state index contributed by atoms with van der Waals surface area (Å²) in [7, 11) is 0. The number of hydrogen-bond acceptors (Lipinski definition) is 4. The van der Waals surface area contributed by atoms with Gasteiger partial charge in [0.2, 0.25) is 5.91 Å². The fourth-order valence-corrected chi connectivity index (χ4v) is 0.604. The third kappa shape index (κ3) is 1.65. The summed E-state index contributed by atoms with van der Waals surface area (Å²) in [4.78, 5) is 17.9. The highest BCUT2D eigenvalue weighted by Gasteiger charge is 2.01. The minimum Gasteiger partial charge on any atom is -0.366 e. The molecule has 11 heavy (non-hydrogen) atoms. The van der Waals surface area contributed by atoms with Crippen LogP contribution < -0.4 is 10.6 Å². The van der Waals surface area contributed by atoms with Gasteiger partial charge < -0.3 is 10.6 Å². The molecule has 0 aromatic carbocycles. The van der Waals surface area contributed by atoms with Crippen LogP contribution in [0.2, 0.25) is 0 Å². The van der Waals surface area contributed by atoms with Crippen molar-refractivity contribution in [2.24, 2.45) is 5.73 Å². The molecule has 0 spiro atoms. The number of rotatable bonds is 2. The van der Waals surface area contributed by atoms with Crippen molar-refractivity contribution < 1.29 is 14.9 Å². The van der Waals surface area contributed by atoms with E-state index in [2.05, 4.69) is 9.87 Å². The smallest absolute Gasteiger partial charge is 0.250 e. The van der Waals surface area contributed by atoms with Crippen LogP contribution in [0.5, 0.6) is 5.75 Å². The summed E-state index contributed by atoms with van der Waals surface area (Å²) >= 11 is 0. The Kier molecular flexibility index (Phi) is 2.03. The zero-order valence-corrected chi connectivity index (χ0v) is 5.52. The van der Waals surface area contributed by atoms with Crippen molar-refractivity contribution in [3.63, 3.8) is 0 Å². The lowest BCUT2D eigenvalue weighted by molar-refractivity contribution is -0.137. The molecule has 5 heteroatoms. The van der Waals surface area contributed by atoms with Crippen LogP contribution in [0, 0.1) is 0 Å². The molecule has 0 aliphatic carbocycles. The van der Waals surface area contributed by atoms with Crippen LogP contribution in [0.3, 0.4) is 0 Å². The Bertz CT molecular complexity index is 274. The van der Waals surface area contributed by atoms with Crippen LogP contribution in [-0.2, 0) is 0 Å². The first-order chi connectivity index (χ1) is 5.24. The maximum Gasteiger partial charge on any atom is 0.250 e. The van der Waals surface area contributed by atoms with E-state index in [1.165, 1.54) is 18.5 Å². The van der Waals surface area contributed by atoms with Crippen LogP contribution in [-0.4, -0.2) is 16.1 Å². The van der Waals surface area contributed by atoms with Crippen LogP contribution in [0.15, 0.2) is 18.5 Å². The van der Waals surface area contributed by atoms with Crippen LogP contribution in [0.1, 0.15) is 10.4 Å². The number of pyridine rings is 1. The topological polar surface area (TPSA) is 85.4 Å². The molecule has 0 bridgehead atoms. The first-order valence-corrected chi connectivity index (χ1v) is 2.80. The molecule has 0 saturated carbocycles. The largest absolute Gasteiger partial charge is 0.366 e. The van der Waals surface area contributed by atoms with Crippen molar-refractivity contribution in [2.75, 3.05) is 0 Å². The van der Waals surface area contributed by atoms with E-state index in [4.69, 9.17) is 11.0 Å². The molecule has 3 N–H and O–H groups in total. The van der Waals surface area contributed by atoms with Crippen molar-refractivity contribution in [2.45, 2.75) is 0 Å². The second kappa shape index (κ2) is 2.98. The third-order valence-corrected chi connectivity index (χ3v) is 1.10. The van der Waals surface area contributed by atoms with E-state index < -0.39 is 5.91 Å². The van der Waals surface area contributed by atoms with E-state index >= 15 is 0 Å². The standard InChI is InChI=1S/C6H6N2O3/c7-6(9)4-1-5(11-10)3-8-2-4/h1-3,10H,(H2,7,9). The SMILES string of the molecule is NC(=O)c1cncc(OO)c1. The quantitative estimate of drug-likeness (QED) is 0.465. The Labute approximate surface area is 62.4 Å². The monoisotopic (exact) mass is 154 g/mol. The first-order valence-electron chi connectivity index (χ1n) is 2.80.